The number of carbonyl (C=O) groups excluding carboxylic acids is 1. The molecule has 0 saturated heterocycles. The van der Waals surface area contributed by atoms with Gasteiger partial charge in [-0.15, -0.1) is 0 Å². The van der Waals surface area contributed by atoms with Crippen molar-refractivity contribution < 1.29 is 27.5 Å². The molecule has 1 aromatic heterocycles. The number of carboxylic acid groups (broad SMARTS) is 1. The Morgan fingerprint density at radius 1 is 1.37 bits per heavy atom. The van der Waals surface area contributed by atoms with Crippen molar-refractivity contribution in [2.45, 2.75) is 18.7 Å². The van der Waals surface area contributed by atoms with Gasteiger partial charge in [0.25, 0.3) is 0 Å². The van der Waals surface area contributed by atoms with Crippen molar-refractivity contribution in [3.8, 4) is 0 Å². The topological polar surface area (TPSA) is 126 Å². The Morgan fingerprint density at radius 2 is 2.00 bits per heavy atom. The van der Waals surface area contributed by atoms with Crippen molar-refractivity contribution >= 4 is 21.9 Å². The maximum atomic E-state index is 11.9. The van der Waals surface area contributed by atoms with Gasteiger partial charge in [0.05, 0.1) is 0 Å². The summed E-state index contributed by atoms with van der Waals surface area (Å²) in [5.41, 5.74) is 0. The number of aryl methyl sites for hydroxylation is 1. The van der Waals surface area contributed by atoms with Crippen LogP contribution in [-0.4, -0.2) is 38.5 Å². The first kappa shape index (κ1) is 15.2. The van der Waals surface area contributed by atoms with E-state index in [0.29, 0.717) is 0 Å². The van der Waals surface area contributed by atoms with Gasteiger partial charge in [-0.2, -0.15) is 0 Å². The number of amides is 1. The summed E-state index contributed by atoms with van der Waals surface area (Å²) in [6.45, 7) is 2.80. The lowest BCUT2D eigenvalue weighted by Gasteiger charge is -2.05. The fraction of sp³-hybridized carbons (Fsp3) is 0.400. The zero-order valence-corrected chi connectivity index (χ0v) is 11.2. The van der Waals surface area contributed by atoms with Crippen molar-refractivity contribution in [3.63, 3.8) is 0 Å². The van der Waals surface area contributed by atoms with Crippen LogP contribution in [0.25, 0.3) is 0 Å². The largest absolute Gasteiger partial charge is 0.475 e. The molecule has 9 heteroatoms. The zero-order valence-electron chi connectivity index (χ0n) is 10.4. The van der Waals surface area contributed by atoms with Gasteiger partial charge in [0.1, 0.15) is 10.7 Å². The average molecular weight is 290 g/mol. The van der Waals surface area contributed by atoms with Crippen molar-refractivity contribution in [1.29, 1.82) is 0 Å². The molecule has 0 atom stereocenters. The third-order valence-corrected chi connectivity index (χ3v) is 3.73. The lowest BCUT2D eigenvalue weighted by atomic mass is 10.4. The molecule has 1 aromatic rings. The van der Waals surface area contributed by atoms with Gasteiger partial charge in [0, 0.05) is 26.1 Å². The van der Waals surface area contributed by atoms with Crippen LogP contribution in [0.15, 0.2) is 15.4 Å². The number of sulfonamides is 1. The summed E-state index contributed by atoms with van der Waals surface area (Å²) in [5, 5.41) is 11.1. The third kappa shape index (κ3) is 4.07. The van der Waals surface area contributed by atoms with Crippen LogP contribution in [0.3, 0.4) is 0 Å². The number of carboxylic acids is 1. The highest BCUT2D eigenvalue weighted by Crippen LogP contribution is 2.19. The standard InChI is InChI=1S/C10H14N2O6S/c1-6-9(5-8(18-6)10(14)15)19(16,17)12-4-3-11-7(2)13/h5,12H,3-4H2,1-2H3,(H,11,13)(H,14,15). The van der Waals surface area contributed by atoms with E-state index in [4.69, 9.17) is 9.52 Å². The SMILES string of the molecule is CC(=O)NCCNS(=O)(=O)c1cc(C(=O)O)oc1C. The van der Waals surface area contributed by atoms with Gasteiger partial charge in [0.15, 0.2) is 0 Å². The van der Waals surface area contributed by atoms with Crippen LogP contribution in [0.2, 0.25) is 0 Å². The van der Waals surface area contributed by atoms with Crippen LogP contribution in [0.5, 0.6) is 0 Å². The molecule has 0 spiro atoms. The normalized spacial score (nSPS) is 11.3. The summed E-state index contributed by atoms with van der Waals surface area (Å²) in [5.74, 6) is -2.07. The van der Waals surface area contributed by atoms with Crippen LogP contribution in [-0.2, 0) is 14.8 Å². The van der Waals surface area contributed by atoms with Gasteiger partial charge in [-0.3, -0.25) is 4.79 Å². The highest BCUT2D eigenvalue weighted by Gasteiger charge is 2.23. The van der Waals surface area contributed by atoms with Crippen molar-refractivity contribution in [1.82, 2.24) is 10.0 Å². The van der Waals surface area contributed by atoms with E-state index in [-0.39, 0.29) is 29.7 Å². The molecule has 19 heavy (non-hydrogen) atoms. The van der Waals surface area contributed by atoms with Crippen LogP contribution in [0.1, 0.15) is 23.2 Å². The Bertz CT molecular complexity index is 589. The van der Waals surface area contributed by atoms with E-state index in [1.165, 1.54) is 13.8 Å². The fourth-order valence-corrected chi connectivity index (χ4v) is 2.55. The lowest BCUT2D eigenvalue weighted by Crippen LogP contribution is -2.33. The van der Waals surface area contributed by atoms with Gasteiger partial charge in [-0.05, 0) is 6.92 Å². The second-order valence-electron chi connectivity index (χ2n) is 3.72. The zero-order chi connectivity index (χ0) is 14.6. The van der Waals surface area contributed by atoms with Gasteiger partial charge >= 0.3 is 5.97 Å². The Balaban J connectivity index is 2.77. The van der Waals surface area contributed by atoms with E-state index in [1.807, 2.05) is 0 Å². The monoisotopic (exact) mass is 290 g/mol. The van der Waals surface area contributed by atoms with E-state index in [9.17, 15) is 18.0 Å². The summed E-state index contributed by atoms with van der Waals surface area (Å²) >= 11 is 0. The molecule has 1 amide bonds. The van der Waals surface area contributed by atoms with Crippen LogP contribution >= 0.6 is 0 Å². The fourth-order valence-electron chi connectivity index (χ4n) is 1.34. The molecule has 1 rings (SSSR count). The van der Waals surface area contributed by atoms with Crippen molar-refractivity contribution in [3.05, 3.63) is 17.6 Å². The minimum absolute atomic E-state index is 0.00502. The third-order valence-electron chi connectivity index (χ3n) is 2.16. The predicted molar refractivity (Wildman–Crippen MR) is 64.3 cm³/mol. The minimum Gasteiger partial charge on any atom is -0.475 e. The van der Waals surface area contributed by atoms with Crippen LogP contribution in [0.4, 0.5) is 0 Å². The quantitative estimate of drug-likeness (QED) is 0.618. The molecule has 3 N–H and O–H groups in total. The van der Waals surface area contributed by atoms with Gasteiger partial charge in [-0.1, -0.05) is 0 Å². The highest BCUT2D eigenvalue weighted by atomic mass is 32.2. The molecular formula is C10H14N2O6S. The first-order chi connectivity index (χ1) is 8.74. The number of hydrogen-bond acceptors (Lipinski definition) is 5. The molecule has 0 aliphatic carbocycles. The summed E-state index contributed by atoms with van der Waals surface area (Å²) in [7, 11) is -3.86. The maximum absolute atomic E-state index is 11.9. The summed E-state index contributed by atoms with van der Waals surface area (Å²) in [4.78, 5) is 21.0. The summed E-state index contributed by atoms with van der Waals surface area (Å²) in [6, 6.07) is 0.943. The molecule has 8 nitrogen and oxygen atoms in total. The van der Waals surface area contributed by atoms with E-state index in [2.05, 4.69) is 10.0 Å². The number of hydrogen-bond donors (Lipinski definition) is 3. The Kier molecular flexibility index (Phi) is 4.67. The molecule has 0 bridgehead atoms. The average Bonchev–Trinajstić information content (AvgIpc) is 2.67. The number of nitrogens with one attached hydrogen (secondary N) is 2. The minimum atomic E-state index is -3.86. The molecule has 0 aromatic carbocycles. The molecular weight excluding hydrogens is 276 g/mol. The van der Waals surface area contributed by atoms with Crippen LogP contribution in [0, 0.1) is 6.92 Å². The van der Waals surface area contributed by atoms with Crippen molar-refractivity contribution in [2.24, 2.45) is 0 Å². The summed E-state index contributed by atoms with van der Waals surface area (Å²) < 4.78 is 30.8. The number of furan rings is 1. The van der Waals surface area contributed by atoms with Gasteiger partial charge < -0.3 is 14.8 Å². The molecule has 0 saturated carbocycles. The van der Waals surface area contributed by atoms with E-state index >= 15 is 0 Å². The number of carbonyl (C=O) groups is 2. The van der Waals surface area contributed by atoms with E-state index in [1.54, 1.807) is 0 Å². The molecule has 0 fully saturated rings. The Labute approximate surface area is 109 Å². The first-order valence-electron chi connectivity index (χ1n) is 5.32. The van der Waals surface area contributed by atoms with E-state index < -0.39 is 21.8 Å². The van der Waals surface area contributed by atoms with E-state index in [0.717, 1.165) is 6.07 Å². The lowest BCUT2D eigenvalue weighted by molar-refractivity contribution is -0.118. The Morgan fingerprint density at radius 3 is 2.47 bits per heavy atom. The van der Waals surface area contributed by atoms with Crippen molar-refractivity contribution in [2.75, 3.05) is 13.1 Å². The highest BCUT2D eigenvalue weighted by molar-refractivity contribution is 7.89. The Hall–Kier alpha value is -1.87. The second-order valence-corrected chi connectivity index (χ2v) is 5.45. The molecule has 0 unspecified atom stereocenters. The predicted octanol–water partition coefficient (Wildman–Crippen LogP) is -0.299. The first-order valence-corrected chi connectivity index (χ1v) is 6.80. The smallest absolute Gasteiger partial charge is 0.371 e. The maximum Gasteiger partial charge on any atom is 0.371 e. The molecule has 0 radical (unpaired) electrons. The van der Waals surface area contributed by atoms with Gasteiger partial charge in [0.2, 0.25) is 21.7 Å². The molecule has 106 valence electrons. The number of rotatable bonds is 6. The molecule has 0 aliphatic heterocycles. The second kappa shape index (κ2) is 5.85. The van der Waals surface area contributed by atoms with Crippen LogP contribution < -0.4 is 10.0 Å². The molecule has 0 aliphatic rings. The summed E-state index contributed by atoms with van der Waals surface area (Å²) in [6.07, 6.45) is 0. The van der Waals surface area contributed by atoms with Gasteiger partial charge in [-0.25, -0.2) is 17.9 Å². The number of aromatic carboxylic acids is 1. The molecule has 1 heterocycles.